The number of benzene rings is 1. The van der Waals surface area contributed by atoms with Crippen molar-refractivity contribution >= 4 is 22.6 Å². The predicted molar refractivity (Wildman–Crippen MR) is 95.0 cm³/mol. The van der Waals surface area contributed by atoms with Gasteiger partial charge in [-0.3, -0.25) is 4.90 Å². The second-order valence-corrected chi connectivity index (χ2v) is 7.85. The standard InChI is InChI=1S/C17H27IN2/c1-5-16(3)13-20(17(4,6-2)12-19-16)11-14-7-9-15(18)10-8-14/h7-10,19H,5-6,11-13H2,1-4H3. The van der Waals surface area contributed by atoms with E-state index in [1.807, 2.05) is 0 Å². The molecule has 0 saturated carbocycles. The smallest absolute Gasteiger partial charge is 0.0307 e. The molecule has 0 amide bonds. The summed E-state index contributed by atoms with van der Waals surface area (Å²) in [5.74, 6) is 0. The lowest BCUT2D eigenvalue weighted by atomic mass is 9.85. The maximum Gasteiger partial charge on any atom is 0.0307 e. The van der Waals surface area contributed by atoms with Gasteiger partial charge in [0.25, 0.3) is 0 Å². The van der Waals surface area contributed by atoms with Gasteiger partial charge in [-0.15, -0.1) is 0 Å². The lowest BCUT2D eigenvalue weighted by molar-refractivity contribution is 0.0104. The van der Waals surface area contributed by atoms with Crippen molar-refractivity contribution in [2.45, 2.75) is 58.2 Å². The lowest BCUT2D eigenvalue weighted by Gasteiger charge is -2.52. The number of hydrogen-bond donors (Lipinski definition) is 1. The summed E-state index contributed by atoms with van der Waals surface area (Å²) in [6.45, 7) is 12.6. The Bertz CT molecular complexity index is 445. The second kappa shape index (κ2) is 6.32. The van der Waals surface area contributed by atoms with Crippen molar-refractivity contribution in [3.63, 3.8) is 0 Å². The minimum absolute atomic E-state index is 0.248. The first-order valence-electron chi connectivity index (χ1n) is 7.65. The Hall–Kier alpha value is -0.130. The molecule has 1 aliphatic heterocycles. The molecule has 2 atom stereocenters. The average molecular weight is 386 g/mol. The summed E-state index contributed by atoms with van der Waals surface area (Å²) in [5.41, 5.74) is 1.93. The summed E-state index contributed by atoms with van der Waals surface area (Å²) in [6, 6.07) is 8.95. The van der Waals surface area contributed by atoms with Gasteiger partial charge in [0.15, 0.2) is 0 Å². The van der Waals surface area contributed by atoms with Crippen molar-refractivity contribution in [1.82, 2.24) is 10.2 Å². The molecule has 1 aromatic carbocycles. The number of nitrogens with zero attached hydrogens (tertiary/aromatic N) is 1. The summed E-state index contributed by atoms with van der Waals surface area (Å²) >= 11 is 2.37. The lowest BCUT2D eigenvalue weighted by Crippen LogP contribution is -2.67. The Morgan fingerprint density at radius 3 is 2.35 bits per heavy atom. The molecule has 1 fully saturated rings. The van der Waals surface area contributed by atoms with Crippen LogP contribution in [-0.2, 0) is 6.54 Å². The van der Waals surface area contributed by atoms with Gasteiger partial charge < -0.3 is 5.32 Å². The monoisotopic (exact) mass is 386 g/mol. The van der Waals surface area contributed by atoms with E-state index >= 15 is 0 Å². The number of rotatable bonds is 4. The van der Waals surface area contributed by atoms with Crippen LogP contribution in [0.1, 0.15) is 46.1 Å². The maximum absolute atomic E-state index is 3.77. The largest absolute Gasteiger partial charge is 0.308 e. The fourth-order valence-corrected chi connectivity index (χ4v) is 3.19. The van der Waals surface area contributed by atoms with E-state index in [9.17, 15) is 0 Å². The first-order valence-corrected chi connectivity index (χ1v) is 8.73. The fourth-order valence-electron chi connectivity index (χ4n) is 2.83. The van der Waals surface area contributed by atoms with Crippen LogP contribution in [0, 0.1) is 3.57 Å². The van der Waals surface area contributed by atoms with E-state index in [1.165, 1.54) is 22.0 Å². The van der Waals surface area contributed by atoms with Crippen LogP contribution in [0.25, 0.3) is 0 Å². The van der Waals surface area contributed by atoms with Gasteiger partial charge in [0, 0.05) is 34.3 Å². The maximum atomic E-state index is 3.77. The second-order valence-electron chi connectivity index (χ2n) is 6.60. The third-order valence-corrected chi connectivity index (χ3v) is 5.75. The molecule has 1 saturated heterocycles. The highest BCUT2D eigenvalue weighted by atomic mass is 127. The van der Waals surface area contributed by atoms with E-state index in [2.05, 4.69) is 84.8 Å². The predicted octanol–water partition coefficient (Wildman–Crippen LogP) is 4.03. The number of halogens is 1. The number of nitrogens with one attached hydrogen (secondary N) is 1. The van der Waals surface area contributed by atoms with Crippen molar-refractivity contribution in [3.05, 3.63) is 33.4 Å². The van der Waals surface area contributed by atoms with Crippen LogP contribution in [0.3, 0.4) is 0 Å². The normalized spacial score (nSPS) is 31.4. The molecule has 0 radical (unpaired) electrons. The van der Waals surface area contributed by atoms with Crippen LogP contribution in [0.5, 0.6) is 0 Å². The molecule has 2 nitrogen and oxygen atoms in total. The van der Waals surface area contributed by atoms with Crippen molar-refractivity contribution in [2.75, 3.05) is 13.1 Å². The van der Waals surface area contributed by atoms with Crippen LogP contribution < -0.4 is 5.32 Å². The molecule has 1 N–H and O–H groups in total. The van der Waals surface area contributed by atoms with Gasteiger partial charge in [-0.25, -0.2) is 0 Å². The Morgan fingerprint density at radius 2 is 1.80 bits per heavy atom. The summed E-state index contributed by atoms with van der Waals surface area (Å²) in [7, 11) is 0. The van der Waals surface area contributed by atoms with Crippen molar-refractivity contribution in [1.29, 1.82) is 0 Å². The summed E-state index contributed by atoms with van der Waals surface area (Å²) < 4.78 is 1.31. The Labute approximate surface area is 137 Å². The summed E-state index contributed by atoms with van der Waals surface area (Å²) in [4.78, 5) is 2.68. The van der Waals surface area contributed by atoms with Crippen molar-refractivity contribution in [2.24, 2.45) is 0 Å². The van der Waals surface area contributed by atoms with E-state index in [4.69, 9.17) is 0 Å². The molecular weight excluding hydrogens is 359 g/mol. The molecule has 1 heterocycles. The van der Waals surface area contributed by atoms with Crippen LogP contribution in [-0.4, -0.2) is 29.1 Å². The first-order chi connectivity index (χ1) is 9.41. The van der Waals surface area contributed by atoms with Gasteiger partial charge in [-0.1, -0.05) is 26.0 Å². The SMILES string of the molecule is CCC1(C)CN(Cc2ccc(I)cc2)C(C)(CC)CN1. The van der Waals surface area contributed by atoms with E-state index in [1.54, 1.807) is 0 Å². The minimum atomic E-state index is 0.248. The van der Waals surface area contributed by atoms with E-state index in [0.29, 0.717) is 0 Å². The van der Waals surface area contributed by atoms with Gasteiger partial charge in [-0.05, 0) is 67.0 Å². The molecule has 0 aromatic heterocycles. The molecule has 20 heavy (non-hydrogen) atoms. The van der Waals surface area contributed by atoms with Gasteiger partial charge in [-0.2, -0.15) is 0 Å². The van der Waals surface area contributed by atoms with Crippen LogP contribution in [0.4, 0.5) is 0 Å². The number of piperazine rings is 1. The molecule has 3 heteroatoms. The zero-order valence-corrected chi connectivity index (χ0v) is 15.3. The highest BCUT2D eigenvalue weighted by Crippen LogP contribution is 2.30. The van der Waals surface area contributed by atoms with Crippen molar-refractivity contribution in [3.8, 4) is 0 Å². The van der Waals surface area contributed by atoms with Gasteiger partial charge >= 0.3 is 0 Å². The summed E-state index contributed by atoms with van der Waals surface area (Å²) in [5, 5.41) is 3.77. The molecule has 0 aliphatic carbocycles. The molecule has 1 aliphatic rings. The van der Waals surface area contributed by atoms with E-state index in [-0.39, 0.29) is 11.1 Å². The van der Waals surface area contributed by atoms with Crippen molar-refractivity contribution < 1.29 is 0 Å². The summed E-state index contributed by atoms with van der Waals surface area (Å²) in [6.07, 6.45) is 2.36. The first kappa shape index (κ1) is 16.2. The number of hydrogen-bond acceptors (Lipinski definition) is 2. The fraction of sp³-hybridized carbons (Fsp3) is 0.647. The molecule has 1 aromatic rings. The van der Waals surface area contributed by atoms with E-state index in [0.717, 1.165) is 19.6 Å². The van der Waals surface area contributed by atoms with Gasteiger partial charge in [0.05, 0.1) is 0 Å². The quantitative estimate of drug-likeness (QED) is 0.786. The molecule has 0 bridgehead atoms. The third kappa shape index (κ3) is 3.55. The Morgan fingerprint density at radius 1 is 1.15 bits per heavy atom. The van der Waals surface area contributed by atoms with Gasteiger partial charge in [0.2, 0.25) is 0 Å². The molecule has 2 unspecified atom stereocenters. The molecule has 2 rings (SSSR count). The van der Waals surface area contributed by atoms with E-state index < -0.39 is 0 Å². The van der Waals surface area contributed by atoms with Crippen LogP contribution in [0.15, 0.2) is 24.3 Å². The zero-order chi connectivity index (χ0) is 14.8. The van der Waals surface area contributed by atoms with Crippen LogP contribution >= 0.6 is 22.6 Å². The molecule has 0 spiro atoms. The highest BCUT2D eigenvalue weighted by molar-refractivity contribution is 14.1. The topological polar surface area (TPSA) is 15.3 Å². The third-order valence-electron chi connectivity index (χ3n) is 5.03. The average Bonchev–Trinajstić information content (AvgIpc) is 2.46. The minimum Gasteiger partial charge on any atom is -0.308 e. The zero-order valence-electron chi connectivity index (χ0n) is 13.2. The Balaban J connectivity index is 2.17. The molecule has 112 valence electrons. The molecular formula is C17H27IN2. The highest BCUT2D eigenvalue weighted by Gasteiger charge is 2.40. The Kier molecular flexibility index (Phi) is 5.14. The van der Waals surface area contributed by atoms with Crippen LogP contribution in [0.2, 0.25) is 0 Å². The van der Waals surface area contributed by atoms with Gasteiger partial charge in [0.1, 0.15) is 0 Å².